The van der Waals surface area contributed by atoms with Crippen LogP contribution in [0.3, 0.4) is 0 Å². The van der Waals surface area contributed by atoms with Crippen molar-refractivity contribution in [3.8, 4) is 5.75 Å². The molecule has 0 fully saturated rings. The number of nitrogens with zero attached hydrogens (tertiary/aromatic N) is 2. The largest absolute Gasteiger partial charge is 0.494 e. The molecule has 108 valence electrons. The summed E-state index contributed by atoms with van der Waals surface area (Å²) in [6.07, 6.45) is 4.74. The zero-order valence-corrected chi connectivity index (χ0v) is 12.1. The number of hydrogen-bond donors (Lipinski definition) is 1. The van der Waals surface area contributed by atoms with Crippen LogP contribution in [0.1, 0.15) is 24.9 Å². The van der Waals surface area contributed by atoms with Gasteiger partial charge in [0.2, 0.25) is 0 Å². The minimum atomic E-state index is 0.669. The van der Waals surface area contributed by atoms with Crippen LogP contribution < -0.4 is 10.5 Å². The van der Waals surface area contributed by atoms with Crippen molar-refractivity contribution in [2.75, 3.05) is 13.2 Å². The summed E-state index contributed by atoms with van der Waals surface area (Å²) >= 11 is 0. The quantitative estimate of drug-likeness (QED) is 0.751. The molecule has 0 aliphatic rings. The van der Waals surface area contributed by atoms with Gasteiger partial charge in [-0.25, -0.2) is 4.98 Å². The number of ether oxygens (including phenoxy) is 1. The number of aryl methyl sites for hydroxylation is 1. The van der Waals surface area contributed by atoms with Gasteiger partial charge in [0, 0.05) is 31.3 Å². The Morgan fingerprint density at radius 2 is 2.00 bits per heavy atom. The third kappa shape index (κ3) is 3.84. The monoisotopic (exact) mass is 273 g/mol. The van der Waals surface area contributed by atoms with Gasteiger partial charge in [-0.05, 0) is 32.0 Å². The van der Waals surface area contributed by atoms with Crippen molar-refractivity contribution in [2.24, 2.45) is 5.73 Å². The summed E-state index contributed by atoms with van der Waals surface area (Å²) < 4.78 is 7.96. The molecule has 0 amide bonds. The van der Waals surface area contributed by atoms with Crippen LogP contribution in [0.15, 0.2) is 36.5 Å². The molecular formula is C16H23N3O. The van der Waals surface area contributed by atoms with Gasteiger partial charge in [-0.3, -0.25) is 0 Å². The lowest BCUT2D eigenvalue weighted by Crippen LogP contribution is -2.11. The zero-order valence-electron chi connectivity index (χ0n) is 12.1. The van der Waals surface area contributed by atoms with Gasteiger partial charge in [-0.1, -0.05) is 18.2 Å². The summed E-state index contributed by atoms with van der Waals surface area (Å²) in [7, 11) is 0. The number of para-hydroxylation sites is 1. The normalized spacial score (nSPS) is 10.7. The first-order chi connectivity index (χ1) is 9.85. The van der Waals surface area contributed by atoms with Gasteiger partial charge < -0.3 is 15.0 Å². The number of nitrogens with two attached hydrogens (primary N) is 1. The van der Waals surface area contributed by atoms with Crippen LogP contribution in [0, 0.1) is 0 Å². The molecule has 0 aliphatic carbocycles. The van der Waals surface area contributed by atoms with E-state index in [1.807, 2.05) is 36.5 Å². The predicted octanol–water partition coefficient (Wildman–Crippen LogP) is 2.42. The van der Waals surface area contributed by atoms with Crippen LogP contribution in [0.5, 0.6) is 5.75 Å². The molecule has 0 unspecified atom stereocenters. The molecule has 0 spiro atoms. The Bertz CT molecular complexity index is 508. The van der Waals surface area contributed by atoms with E-state index in [0.717, 1.165) is 37.4 Å². The average Bonchev–Trinajstić information content (AvgIpc) is 2.87. The van der Waals surface area contributed by atoms with Gasteiger partial charge >= 0.3 is 0 Å². The van der Waals surface area contributed by atoms with Crippen molar-refractivity contribution >= 4 is 0 Å². The van der Waals surface area contributed by atoms with E-state index in [4.69, 9.17) is 10.5 Å². The molecule has 2 aromatic rings. The Kier molecular flexibility index (Phi) is 5.62. The van der Waals surface area contributed by atoms with E-state index in [2.05, 4.69) is 16.5 Å². The highest BCUT2D eigenvalue weighted by Gasteiger charge is 2.07. The number of hydrogen-bond acceptors (Lipinski definition) is 3. The fraction of sp³-hybridized carbons (Fsp3) is 0.438. The van der Waals surface area contributed by atoms with E-state index >= 15 is 0 Å². The number of aromatic nitrogens is 2. The van der Waals surface area contributed by atoms with Crippen LogP contribution >= 0.6 is 0 Å². The summed E-state index contributed by atoms with van der Waals surface area (Å²) in [6.45, 7) is 4.48. The molecule has 0 radical (unpaired) electrons. The smallest absolute Gasteiger partial charge is 0.119 e. The Morgan fingerprint density at radius 3 is 2.70 bits per heavy atom. The lowest BCUT2D eigenvalue weighted by molar-refractivity contribution is 0.309. The first-order valence-electron chi connectivity index (χ1n) is 7.26. The van der Waals surface area contributed by atoms with Crippen LogP contribution in [0.4, 0.5) is 0 Å². The van der Waals surface area contributed by atoms with Crippen molar-refractivity contribution in [3.05, 3.63) is 48.0 Å². The fourth-order valence-corrected chi connectivity index (χ4v) is 2.32. The van der Waals surface area contributed by atoms with E-state index < -0.39 is 0 Å². The molecule has 4 nitrogen and oxygen atoms in total. The molecule has 0 saturated heterocycles. The second-order valence-corrected chi connectivity index (χ2v) is 4.71. The predicted molar refractivity (Wildman–Crippen MR) is 80.9 cm³/mol. The summed E-state index contributed by atoms with van der Waals surface area (Å²) in [4.78, 5) is 4.50. The van der Waals surface area contributed by atoms with Gasteiger partial charge in [0.15, 0.2) is 0 Å². The second-order valence-electron chi connectivity index (χ2n) is 4.71. The molecule has 1 aromatic carbocycles. The first-order valence-corrected chi connectivity index (χ1v) is 7.26. The maximum atomic E-state index is 5.70. The van der Waals surface area contributed by atoms with E-state index in [1.165, 1.54) is 5.69 Å². The molecule has 0 atom stereocenters. The summed E-state index contributed by atoms with van der Waals surface area (Å²) in [5.74, 6) is 2.06. The Balaban J connectivity index is 1.82. The zero-order chi connectivity index (χ0) is 14.2. The Hall–Kier alpha value is -1.81. The highest BCUT2D eigenvalue weighted by atomic mass is 16.5. The molecule has 1 aromatic heterocycles. The number of imidazole rings is 1. The van der Waals surface area contributed by atoms with Crippen molar-refractivity contribution in [3.63, 3.8) is 0 Å². The standard InChI is InChI=1S/C16H23N3O/c1-2-19-14(10-11-17)13-18-16(19)9-6-12-20-15-7-4-3-5-8-15/h3-5,7-8,13H,2,6,9-12,17H2,1H3. The van der Waals surface area contributed by atoms with Crippen molar-refractivity contribution in [1.29, 1.82) is 0 Å². The molecular weight excluding hydrogens is 250 g/mol. The molecule has 1 heterocycles. The van der Waals surface area contributed by atoms with Crippen molar-refractivity contribution in [2.45, 2.75) is 32.7 Å². The fourth-order valence-electron chi connectivity index (χ4n) is 2.32. The summed E-state index contributed by atoms with van der Waals surface area (Å²) in [5.41, 5.74) is 6.85. The minimum absolute atomic E-state index is 0.669. The highest BCUT2D eigenvalue weighted by Crippen LogP contribution is 2.11. The summed E-state index contributed by atoms with van der Waals surface area (Å²) in [5, 5.41) is 0. The first kappa shape index (κ1) is 14.6. The van der Waals surface area contributed by atoms with E-state index in [-0.39, 0.29) is 0 Å². The molecule has 2 rings (SSSR count). The lowest BCUT2D eigenvalue weighted by atomic mass is 10.3. The maximum Gasteiger partial charge on any atom is 0.119 e. The van der Waals surface area contributed by atoms with Crippen LogP contribution in [0.25, 0.3) is 0 Å². The summed E-state index contributed by atoms with van der Waals surface area (Å²) in [6, 6.07) is 9.92. The minimum Gasteiger partial charge on any atom is -0.494 e. The number of rotatable bonds is 8. The lowest BCUT2D eigenvalue weighted by Gasteiger charge is -2.09. The number of benzene rings is 1. The van der Waals surface area contributed by atoms with Crippen LogP contribution in [-0.4, -0.2) is 22.7 Å². The molecule has 4 heteroatoms. The topological polar surface area (TPSA) is 53.1 Å². The van der Waals surface area contributed by atoms with E-state index in [9.17, 15) is 0 Å². The molecule has 20 heavy (non-hydrogen) atoms. The molecule has 0 bridgehead atoms. The van der Waals surface area contributed by atoms with Gasteiger partial charge in [0.1, 0.15) is 11.6 Å². The van der Waals surface area contributed by atoms with Gasteiger partial charge in [-0.2, -0.15) is 0 Å². The maximum absolute atomic E-state index is 5.70. The Morgan fingerprint density at radius 1 is 1.20 bits per heavy atom. The Labute approximate surface area is 120 Å². The SMILES string of the molecule is CCn1c(CCN)cnc1CCCOc1ccccc1. The molecule has 0 saturated carbocycles. The third-order valence-electron chi connectivity index (χ3n) is 3.29. The van der Waals surface area contributed by atoms with E-state index in [0.29, 0.717) is 13.2 Å². The van der Waals surface area contributed by atoms with Gasteiger partial charge in [0.25, 0.3) is 0 Å². The molecule has 0 aliphatic heterocycles. The van der Waals surface area contributed by atoms with Gasteiger partial charge in [0.05, 0.1) is 6.61 Å². The van der Waals surface area contributed by atoms with Crippen LogP contribution in [-0.2, 0) is 19.4 Å². The van der Waals surface area contributed by atoms with Gasteiger partial charge in [-0.15, -0.1) is 0 Å². The highest BCUT2D eigenvalue weighted by molar-refractivity contribution is 5.20. The second kappa shape index (κ2) is 7.70. The van der Waals surface area contributed by atoms with E-state index in [1.54, 1.807) is 0 Å². The molecule has 2 N–H and O–H groups in total. The van der Waals surface area contributed by atoms with Crippen molar-refractivity contribution < 1.29 is 4.74 Å². The van der Waals surface area contributed by atoms with Crippen LogP contribution in [0.2, 0.25) is 0 Å². The average molecular weight is 273 g/mol. The third-order valence-corrected chi connectivity index (χ3v) is 3.29. The van der Waals surface area contributed by atoms with Crippen molar-refractivity contribution in [1.82, 2.24) is 9.55 Å².